The number of halogens is 1. The number of piperazine rings is 1. The van der Waals surface area contributed by atoms with Gasteiger partial charge in [0.15, 0.2) is 5.13 Å². The molecule has 0 atom stereocenters. The summed E-state index contributed by atoms with van der Waals surface area (Å²) in [7, 11) is -0.263. The highest BCUT2D eigenvalue weighted by Crippen LogP contribution is 2.28. The van der Waals surface area contributed by atoms with Crippen molar-refractivity contribution in [2.75, 3.05) is 45.3 Å². The number of aromatic nitrogens is 1. The van der Waals surface area contributed by atoms with E-state index in [9.17, 15) is 8.42 Å². The Morgan fingerprint density at radius 1 is 1.00 bits per heavy atom. The van der Waals surface area contributed by atoms with Crippen molar-refractivity contribution in [1.29, 1.82) is 0 Å². The summed E-state index contributed by atoms with van der Waals surface area (Å²) >= 11 is 7.46. The lowest BCUT2D eigenvalue weighted by atomic mass is 10.1. The van der Waals surface area contributed by atoms with Crippen molar-refractivity contribution in [3.63, 3.8) is 0 Å². The van der Waals surface area contributed by atoms with Crippen LogP contribution in [0.15, 0.2) is 52.7 Å². The number of hydrogen-bond acceptors (Lipinski definition) is 7. The lowest BCUT2D eigenvalue weighted by molar-refractivity contribution is 0.384. The zero-order chi connectivity index (χ0) is 22.7. The second-order valence-electron chi connectivity index (χ2n) is 7.36. The van der Waals surface area contributed by atoms with Gasteiger partial charge in [0.2, 0.25) is 10.0 Å². The largest absolute Gasteiger partial charge is 0.497 e. The molecule has 10 heteroatoms. The maximum atomic E-state index is 12.9. The van der Waals surface area contributed by atoms with Gasteiger partial charge in [-0.2, -0.15) is 4.31 Å². The molecule has 0 amide bonds. The average Bonchev–Trinajstić information content (AvgIpc) is 3.27. The topological polar surface area (TPSA) is 72.0 Å². The van der Waals surface area contributed by atoms with Crippen molar-refractivity contribution < 1.29 is 17.9 Å². The molecule has 0 aliphatic carbocycles. The summed E-state index contributed by atoms with van der Waals surface area (Å²) in [5, 5.41) is 3.46. The Balaban J connectivity index is 1.40. The number of methoxy groups -OCH3 is 2. The molecule has 0 radical (unpaired) electrons. The van der Waals surface area contributed by atoms with Gasteiger partial charge in [0.1, 0.15) is 11.5 Å². The third kappa shape index (κ3) is 5.01. The van der Waals surface area contributed by atoms with Crippen LogP contribution >= 0.6 is 22.9 Å². The maximum absolute atomic E-state index is 12.9. The smallest absolute Gasteiger partial charge is 0.243 e. The fourth-order valence-electron chi connectivity index (χ4n) is 3.58. The quantitative estimate of drug-likeness (QED) is 0.497. The molecule has 2 heterocycles. The Labute approximate surface area is 197 Å². The SMILES string of the molecule is COc1cc(Cc2csc(N3CCN(S(=O)(=O)c4ccc(Cl)cc4)CC3)n2)cc(OC)c1. The standard InChI is InChI=1S/C22H24ClN3O4S2/c1-29-19-12-16(13-20(14-19)30-2)11-18-15-31-22(24-18)25-7-9-26(10-8-25)32(27,28)21-5-3-17(23)4-6-21/h3-6,12-15H,7-11H2,1-2H3. The van der Waals surface area contributed by atoms with Crippen LogP contribution in [-0.2, 0) is 16.4 Å². The van der Waals surface area contributed by atoms with E-state index in [2.05, 4.69) is 4.90 Å². The number of sulfonamides is 1. The van der Waals surface area contributed by atoms with E-state index < -0.39 is 10.0 Å². The molecule has 170 valence electrons. The molecular weight excluding hydrogens is 470 g/mol. The fraction of sp³-hybridized carbons (Fsp3) is 0.318. The Bertz CT molecular complexity index is 1150. The summed E-state index contributed by atoms with van der Waals surface area (Å²) in [6, 6.07) is 12.1. The minimum Gasteiger partial charge on any atom is -0.497 e. The molecule has 1 aromatic heterocycles. The zero-order valence-electron chi connectivity index (χ0n) is 17.8. The number of rotatable bonds is 7. The van der Waals surface area contributed by atoms with Crippen molar-refractivity contribution in [3.05, 3.63) is 64.1 Å². The Kier molecular flexibility index (Phi) is 6.90. The van der Waals surface area contributed by atoms with Gasteiger partial charge in [-0.25, -0.2) is 13.4 Å². The lowest BCUT2D eigenvalue weighted by Gasteiger charge is -2.33. The van der Waals surface area contributed by atoms with Gasteiger partial charge in [0.05, 0.1) is 24.8 Å². The van der Waals surface area contributed by atoms with E-state index in [1.165, 1.54) is 4.31 Å². The van der Waals surface area contributed by atoms with Crippen molar-refractivity contribution in [1.82, 2.24) is 9.29 Å². The van der Waals surface area contributed by atoms with Crippen LogP contribution in [0.3, 0.4) is 0 Å². The number of ether oxygens (including phenoxy) is 2. The Morgan fingerprint density at radius 3 is 2.22 bits per heavy atom. The highest BCUT2D eigenvalue weighted by Gasteiger charge is 2.29. The third-order valence-corrected chi connectivity index (χ3v) is 8.41. The van der Waals surface area contributed by atoms with Gasteiger partial charge >= 0.3 is 0 Å². The van der Waals surface area contributed by atoms with Crippen LogP contribution in [0.2, 0.25) is 5.02 Å². The second kappa shape index (κ2) is 9.66. The first kappa shape index (κ1) is 22.8. The van der Waals surface area contributed by atoms with Crippen LogP contribution in [0.1, 0.15) is 11.3 Å². The summed E-state index contributed by atoms with van der Waals surface area (Å²) in [5.41, 5.74) is 2.01. The van der Waals surface area contributed by atoms with Crippen LogP contribution in [-0.4, -0.2) is 58.1 Å². The first-order valence-corrected chi connectivity index (χ1v) is 12.8. The van der Waals surface area contributed by atoms with Crippen molar-refractivity contribution in [2.24, 2.45) is 0 Å². The first-order valence-electron chi connectivity index (χ1n) is 10.1. The highest BCUT2D eigenvalue weighted by atomic mass is 35.5. The van der Waals surface area contributed by atoms with E-state index in [4.69, 9.17) is 26.1 Å². The van der Waals surface area contributed by atoms with Gasteiger partial charge in [-0.15, -0.1) is 11.3 Å². The number of hydrogen-bond donors (Lipinski definition) is 0. The molecule has 0 spiro atoms. The molecule has 0 saturated carbocycles. The van der Waals surface area contributed by atoms with Crippen LogP contribution in [0.5, 0.6) is 11.5 Å². The minimum atomic E-state index is -3.53. The highest BCUT2D eigenvalue weighted by molar-refractivity contribution is 7.89. The van der Waals surface area contributed by atoms with Crippen molar-refractivity contribution in [3.8, 4) is 11.5 Å². The molecule has 4 rings (SSSR count). The second-order valence-corrected chi connectivity index (χ2v) is 10.6. The summed E-state index contributed by atoms with van der Waals surface area (Å²) in [6.45, 7) is 2.00. The van der Waals surface area contributed by atoms with Gasteiger partial charge < -0.3 is 14.4 Å². The van der Waals surface area contributed by atoms with E-state index in [0.717, 1.165) is 27.9 Å². The molecule has 0 unspecified atom stereocenters. The van der Waals surface area contributed by atoms with Crippen molar-refractivity contribution in [2.45, 2.75) is 11.3 Å². The molecule has 1 aliphatic heterocycles. The fourth-order valence-corrected chi connectivity index (χ4v) is 6.00. The molecule has 7 nitrogen and oxygen atoms in total. The maximum Gasteiger partial charge on any atom is 0.243 e. The lowest BCUT2D eigenvalue weighted by Crippen LogP contribution is -2.48. The van der Waals surface area contributed by atoms with E-state index in [0.29, 0.717) is 37.6 Å². The molecule has 0 N–H and O–H groups in total. The zero-order valence-corrected chi connectivity index (χ0v) is 20.2. The normalized spacial score (nSPS) is 15.0. The van der Waals surface area contributed by atoms with Gasteiger partial charge in [0.25, 0.3) is 0 Å². The summed E-state index contributed by atoms with van der Waals surface area (Å²) in [4.78, 5) is 7.17. The molecule has 0 bridgehead atoms. The number of thiazole rings is 1. The van der Waals surface area contributed by atoms with Crippen LogP contribution in [0.25, 0.3) is 0 Å². The molecule has 2 aromatic carbocycles. The van der Waals surface area contributed by atoms with Crippen LogP contribution in [0, 0.1) is 0 Å². The Morgan fingerprint density at radius 2 is 1.62 bits per heavy atom. The van der Waals surface area contributed by atoms with E-state index in [1.807, 2.05) is 23.6 Å². The monoisotopic (exact) mass is 493 g/mol. The minimum absolute atomic E-state index is 0.264. The van der Waals surface area contributed by atoms with Crippen LogP contribution in [0.4, 0.5) is 5.13 Å². The molecule has 1 saturated heterocycles. The molecule has 32 heavy (non-hydrogen) atoms. The van der Waals surface area contributed by atoms with E-state index in [1.54, 1.807) is 49.8 Å². The van der Waals surface area contributed by atoms with Gasteiger partial charge in [-0.1, -0.05) is 11.6 Å². The van der Waals surface area contributed by atoms with Crippen molar-refractivity contribution >= 4 is 38.1 Å². The molecule has 3 aromatic rings. The van der Waals surface area contributed by atoms with E-state index in [-0.39, 0.29) is 4.90 Å². The predicted molar refractivity (Wildman–Crippen MR) is 127 cm³/mol. The van der Waals surface area contributed by atoms with Gasteiger partial charge in [-0.05, 0) is 42.0 Å². The number of anilines is 1. The number of benzene rings is 2. The summed E-state index contributed by atoms with van der Waals surface area (Å²) in [6.07, 6.45) is 0.662. The molecular formula is C22H24ClN3O4S2. The molecule has 1 aliphatic rings. The summed E-state index contributed by atoms with van der Waals surface area (Å²) in [5.74, 6) is 1.49. The predicted octanol–water partition coefficient (Wildman–Crippen LogP) is 3.92. The van der Waals surface area contributed by atoms with Gasteiger partial charge in [0, 0.05) is 49.1 Å². The summed E-state index contributed by atoms with van der Waals surface area (Å²) < 4.78 is 38.0. The average molecular weight is 494 g/mol. The third-order valence-electron chi connectivity index (χ3n) is 5.30. The molecule has 1 fully saturated rings. The number of nitrogens with zero attached hydrogens (tertiary/aromatic N) is 3. The van der Waals surface area contributed by atoms with Gasteiger partial charge in [-0.3, -0.25) is 0 Å². The van der Waals surface area contributed by atoms with E-state index >= 15 is 0 Å². The first-order chi connectivity index (χ1) is 15.4. The Hall–Kier alpha value is -2.33. The van der Waals surface area contributed by atoms with Crippen LogP contribution < -0.4 is 14.4 Å².